The number of pyridine rings is 1. The summed E-state index contributed by atoms with van der Waals surface area (Å²) >= 11 is 12.4. The van der Waals surface area contributed by atoms with Crippen LogP contribution in [0.4, 0.5) is 5.82 Å². The van der Waals surface area contributed by atoms with E-state index in [0.717, 1.165) is 10.2 Å². The highest BCUT2D eigenvalue weighted by Gasteiger charge is 2.36. The standard InChI is InChI=1S/C22H24ClN7O3S2/c1-24-18(31)11-3-5-13(27-21(34)19(32)29-17-6-4-12(23)8-25-17)14(7-11)26-20(33)22-28-15-9-30(2)10-16(15)35-22/h4,6,8-11,13-14H,3,5,7H2,1-2H3,(H,24,31)(H,26,33)(H,27,34)(H,25,29,32)/t11-,13-,14+/m0/s1. The molecule has 0 bridgehead atoms. The number of hydrogen-bond acceptors (Lipinski definition) is 7. The first-order valence-corrected chi connectivity index (χ1v) is 12.5. The molecular weight excluding hydrogens is 510 g/mol. The number of fused-ring (bicyclic) bond motifs is 1. The molecule has 3 aromatic rings. The van der Waals surface area contributed by atoms with Crippen LogP contribution in [0.5, 0.6) is 0 Å². The van der Waals surface area contributed by atoms with Crippen LogP contribution in [0, 0.1) is 5.92 Å². The van der Waals surface area contributed by atoms with Crippen molar-refractivity contribution in [1.82, 2.24) is 30.5 Å². The van der Waals surface area contributed by atoms with Crippen molar-refractivity contribution in [3.05, 3.63) is 40.8 Å². The number of carbonyl (C=O) groups excluding carboxylic acids is 3. The average molecular weight is 534 g/mol. The van der Waals surface area contributed by atoms with Gasteiger partial charge in [-0.05, 0) is 31.4 Å². The summed E-state index contributed by atoms with van der Waals surface area (Å²) in [6.45, 7) is 0. The number of carbonyl (C=O) groups is 3. The summed E-state index contributed by atoms with van der Waals surface area (Å²) in [5.74, 6) is -0.894. The Morgan fingerprint density at radius 2 is 1.97 bits per heavy atom. The normalized spacial score (nSPS) is 19.7. The molecule has 4 N–H and O–H groups in total. The third kappa shape index (κ3) is 5.95. The van der Waals surface area contributed by atoms with Crippen LogP contribution in [0.15, 0.2) is 30.7 Å². The van der Waals surface area contributed by atoms with E-state index in [1.165, 1.54) is 17.5 Å². The maximum Gasteiger partial charge on any atom is 0.284 e. The Hall–Kier alpha value is -3.09. The number of halogens is 1. The maximum absolute atomic E-state index is 13.0. The van der Waals surface area contributed by atoms with E-state index in [2.05, 4.69) is 31.2 Å². The average Bonchev–Trinajstić information content (AvgIpc) is 3.38. The minimum absolute atomic E-state index is 0.0372. The molecule has 1 saturated carbocycles. The van der Waals surface area contributed by atoms with Crippen LogP contribution in [0.2, 0.25) is 5.02 Å². The molecule has 0 radical (unpaired) electrons. The Labute approximate surface area is 215 Å². The fraction of sp³-hybridized carbons (Fsp3) is 0.364. The Kier molecular flexibility index (Phi) is 7.63. The van der Waals surface area contributed by atoms with E-state index in [-0.39, 0.29) is 28.8 Å². The maximum atomic E-state index is 13.0. The number of thiocarbonyl (C=S) groups is 1. The molecule has 0 aliphatic heterocycles. The lowest BCUT2D eigenvalue weighted by Crippen LogP contribution is -2.56. The van der Waals surface area contributed by atoms with Crippen molar-refractivity contribution < 1.29 is 14.4 Å². The third-order valence-corrected chi connectivity index (χ3v) is 7.33. The Morgan fingerprint density at radius 1 is 1.17 bits per heavy atom. The van der Waals surface area contributed by atoms with Crippen molar-refractivity contribution in [3.8, 4) is 0 Å². The predicted octanol–water partition coefficient (Wildman–Crippen LogP) is 2.25. The molecule has 1 fully saturated rings. The lowest BCUT2D eigenvalue weighted by molar-refractivity contribution is -0.125. The van der Waals surface area contributed by atoms with E-state index in [1.54, 1.807) is 19.2 Å². The number of thiazole rings is 1. The molecule has 3 aromatic heterocycles. The molecule has 0 aromatic carbocycles. The van der Waals surface area contributed by atoms with Crippen molar-refractivity contribution in [2.75, 3.05) is 12.4 Å². The van der Waals surface area contributed by atoms with Crippen LogP contribution in [-0.4, -0.2) is 56.4 Å². The molecule has 3 atom stereocenters. The summed E-state index contributed by atoms with van der Waals surface area (Å²) in [5, 5.41) is 12.1. The summed E-state index contributed by atoms with van der Waals surface area (Å²) in [6.07, 6.45) is 6.70. The first-order chi connectivity index (χ1) is 16.7. The topological polar surface area (TPSA) is 130 Å². The van der Waals surface area contributed by atoms with Crippen LogP contribution in [0.1, 0.15) is 29.1 Å². The summed E-state index contributed by atoms with van der Waals surface area (Å²) < 4.78 is 2.80. The van der Waals surface area contributed by atoms with Gasteiger partial charge in [0.25, 0.3) is 11.8 Å². The summed E-state index contributed by atoms with van der Waals surface area (Å²) in [6, 6.07) is 2.40. The number of anilines is 1. The van der Waals surface area contributed by atoms with E-state index in [9.17, 15) is 14.4 Å². The zero-order chi connectivity index (χ0) is 25.1. The lowest BCUT2D eigenvalue weighted by Gasteiger charge is -2.36. The Bertz CT molecular complexity index is 1240. The number of nitrogens with one attached hydrogen (secondary N) is 4. The zero-order valence-corrected chi connectivity index (χ0v) is 21.4. The molecule has 0 saturated heterocycles. The van der Waals surface area contributed by atoms with Gasteiger partial charge in [0.2, 0.25) is 5.91 Å². The van der Waals surface area contributed by atoms with Crippen LogP contribution < -0.4 is 21.3 Å². The van der Waals surface area contributed by atoms with E-state index < -0.39 is 11.9 Å². The predicted molar refractivity (Wildman–Crippen MR) is 139 cm³/mol. The van der Waals surface area contributed by atoms with Gasteiger partial charge in [0.1, 0.15) is 5.82 Å². The first-order valence-electron chi connectivity index (χ1n) is 10.9. The van der Waals surface area contributed by atoms with Gasteiger partial charge in [-0.25, -0.2) is 9.97 Å². The molecule has 0 unspecified atom stereocenters. The van der Waals surface area contributed by atoms with Crippen molar-refractivity contribution in [1.29, 1.82) is 0 Å². The fourth-order valence-corrected chi connectivity index (χ4v) is 5.31. The van der Waals surface area contributed by atoms with Crippen LogP contribution in [0.3, 0.4) is 0 Å². The number of aromatic nitrogens is 3. The smallest absolute Gasteiger partial charge is 0.284 e. The van der Waals surface area contributed by atoms with Gasteiger partial charge in [-0.2, -0.15) is 0 Å². The second-order valence-electron chi connectivity index (χ2n) is 8.29. The highest BCUT2D eigenvalue weighted by atomic mass is 35.5. The molecule has 10 nitrogen and oxygen atoms in total. The van der Waals surface area contributed by atoms with Gasteiger partial charge in [-0.3, -0.25) is 14.4 Å². The number of aryl methyl sites for hydroxylation is 1. The highest BCUT2D eigenvalue weighted by molar-refractivity contribution is 7.82. The molecule has 184 valence electrons. The molecule has 1 aliphatic rings. The van der Waals surface area contributed by atoms with Crippen molar-refractivity contribution >= 4 is 73.9 Å². The summed E-state index contributed by atoms with van der Waals surface area (Å²) in [5.41, 5.74) is 0.748. The molecule has 1 aliphatic carbocycles. The zero-order valence-electron chi connectivity index (χ0n) is 19.0. The van der Waals surface area contributed by atoms with Crippen LogP contribution in [-0.2, 0) is 16.6 Å². The summed E-state index contributed by atoms with van der Waals surface area (Å²) in [7, 11) is 3.49. The van der Waals surface area contributed by atoms with E-state index in [4.69, 9.17) is 23.8 Å². The number of rotatable bonds is 5. The van der Waals surface area contributed by atoms with Crippen LogP contribution in [0.25, 0.3) is 10.2 Å². The third-order valence-electron chi connectivity index (χ3n) is 5.80. The molecular formula is C22H24ClN7O3S2. The van der Waals surface area contributed by atoms with Gasteiger partial charge >= 0.3 is 0 Å². The minimum atomic E-state index is -0.528. The highest BCUT2D eigenvalue weighted by Crippen LogP contribution is 2.27. The van der Waals surface area contributed by atoms with Gasteiger partial charge in [0.05, 0.1) is 21.3 Å². The minimum Gasteiger partial charge on any atom is -0.367 e. The molecule has 3 heterocycles. The quantitative estimate of drug-likeness (QED) is 0.370. The van der Waals surface area contributed by atoms with E-state index in [1.807, 2.05) is 24.0 Å². The van der Waals surface area contributed by atoms with Gasteiger partial charge in [0.15, 0.2) is 10.00 Å². The fourth-order valence-electron chi connectivity index (χ4n) is 4.07. The van der Waals surface area contributed by atoms with Gasteiger partial charge < -0.3 is 25.8 Å². The molecule has 35 heavy (non-hydrogen) atoms. The second kappa shape index (κ2) is 10.7. The second-order valence-corrected chi connectivity index (χ2v) is 10.2. The van der Waals surface area contributed by atoms with Crippen molar-refractivity contribution in [2.24, 2.45) is 13.0 Å². The molecule has 3 amide bonds. The molecule has 0 spiro atoms. The van der Waals surface area contributed by atoms with Gasteiger partial charge in [0, 0.05) is 44.6 Å². The molecule has 13 heteroatoms. The Morgan fingerprint density at radius 3 is 2.66 bits per heavy atom. The van der Waals surface area contributed by atoms with Gasteiger partial charge in [-0.1, -0.05) is 23.8 Å². The van der Waals surface area contributed by atoms with Gasteiger partial charge in [-0.15, -0.1) is 11.3 Å². The SMILES string of the molecule is CNC(=O)[C@H]1CC[C@H](NC(=S)C(=O)Nc2ccc(Cl)cn2)[C@H](NC(=O)c2nc3cn(C)cc3s2)C1. The summed E-state index contributed by atoms with van der Waals surface area (Å²) in [4.78, 5) is 46.3. The first kappa shape index (κ1) is 25.0. The van der Waals surface area contributed by atoms with E-state index >= 15 is 0 Å². The Balaban J connectivity index is 1.45. The van der Waals surface area contributed by atoms with Crippen LogP contribution >= 0.6 is 35.2 Å². The number of hydrogen-bond donors (Lipinski definition) is 4. The number of nitrogens with zero attached hydrogens (tertiary/aromatic N) is 3. The largest absolute Gasteiger partial charge is 0.367 e. The lowest BCUT2D eigenvalue weighted by atomic mass is 9.81. The monoisotopic (exact) mass is 533 g/mol. The van der Waals surface area contributed by atoms with Crippen molar-refractivity contribution in [3.63, 3.8) is 0 Å². The number of amides is 3. The van der Waals surface area contributed by atoms with Crippen molar-refractivity contribution in [2.45, 2.75) is 31.3 Å². The molecule has 4 rings (SSSR count). The van der Waals surface area contributed by atoms with E-state index in [0.29, 0.717) is 35.1 Å².